The maximum absolute atomic E-state index is 11.8. The molecule has 2 aliphatic rings. The summed E-state index contributed by atoms with van der Waals surface area (Å²) in [4.78, 5) is 63.2. The normalized spacial score (nSPS) is 16.2. The Morgan fingerprint density at radius 2 is 1.18 bits per heavy atom. The molecule has 0 saturated carbocycles. The fourth-order valence-corrected chi connectivity index (χ4v) is 7.55. The minimum absolute atomic E-state index is 0.0694. The highest BCUT2D eigenvalue weighted by Crippen LogP contribution is 2.24. The molecule has 2 saturated heterocycles. The van der Waals surface area contributed by atoms with E-state index in [9.17, 15) is 36.0 Å². The molecule has 6 rings (SSSR count). The zero-order valence-electron chi connectivity index (χ0n) is 36.4. The number of halogens is 1. The first-order chi connectivity index (χ1) is 30.6. The summed E-state index contributed by atoms with van der Waals surface area (Å²) in [6.07, 6.45) is 8.76. The topological polar surface area (TPSA) is 328 Å². The Hall–Kier alpha value is -6.21. The van der Waals surface area contributed by atoms with Crippen molar-refractivity contribution in [1.82, 2.24) is 29.6 Å². The van der Waals surface area contributed by atoms with Gasteiger partial charge in [0.1, 0.15) is 11.6 Å². The van der Waals surface area contributed by atoms with Crippen LogP contribution < -0.4 is 48.7 Å². The van der Waals surface area contributed by atoms with Crippen molar-refractivity contribution in [1.29, 1.82) is 0 Å². The van der Waals surface area contributed by atoms with Crippen molar-refractivity contribution in [2.24, 2.45) is 23.3 Å². The molecule has 11 N–H and O–H groups in total. The van der Waals surface area contributed by atoms with E-state index in [4.69, 9.17) is 11.5 Å². The lowest BCUT2D eigenvalue weighted by atomic mass is 10.00. The molecule has 2 fully saturated rings. The van der Waals surface area contributed by atoms with Crippen LogP contribution in [0.25, 0.3) is 0 Å². The van der Waals surface area contributed by atoms with Crippen LogP contribution in [0.2, 0.25) is 0 Å². The summed E-state index contributed by atoms with van der Waals surface area (Å²) in [5.74, 6) is 0.189. The number of benzene rings is 2. The first kappa shape index (κ1) is 51.4. The van der Waals surface area contributed by atoms with E-state index in [2.05, 4.69) is 67.8 Å². The minimum Gasteiger partial charge on any atom is -0.369 e. The van der Waals surface area contributed by atoms with Crippen molar-refractivity contribution in [2.45, 2.75) is 39.5 Å². The Morgan fingerprint density at radius 1 is 0.738 bits per heavy atom. The molecule has 2 unspecified atom stereocenters. The molecule has 0 radical (unpaired) electrons. The molecular weight excluding hydrogens is 904 g/mol. The van der Waals surface area contributed by atoms with Crippen LogP contribution in [0.3, 0.4) is 0 Å². The number of aromatic nitrogens is 4. The molecule has 2 aromatic carbocycles. The Labute approximate surface area is 382 Å². The lowest BCUT2D eigenvalue weighted by Crippen LogP contribution is -2.41. The molecule has 0 aliphatic carbocycles. The standard InChI is InChI=1S/C20H27N7O4S.C19H25N7O2.CH3ClO2S/c1-13(28)24-15-6-3-7-16(9-15)25-20-23-11-17(18(21)29)19(26-20)22-10-14-5-4-8-27(12-14)32(2,30)31;1-12(27)24-14-5-2-6-15(8-14)25-19-23-11-16(17(20)28)18(26-19)22-10-13-4-3-7-21-9-13;1-5(2,3)4/h3,6-7,9,11,14H,4-5,8,10,12H2,1-2H3,(H2,21,29)(H,24,28)(H2,22,23,25,26);2,5-6,8,11,13,21H,3-4,7,9-10H2,1H3,(H2,20,28)(H,24,27)(H2,22,23,25,26);1H3. The van der Waals surface area contributed by atoms with Crippen LogP contribution >= 0.6 is 10.7 Å². The summed E-state index contributed by atoms with van der Waals surface area (Å²) in [5, 5.41) is 21.3. The van der Waals surface area contributed by atoms with Crippen molar-refractivity contribution < 1.29 is 36.0 Å². The zero-order chi connectivity index (χ0) is 47.7. The van der Waals surface area contributed by atoms with Crippen LogP contribution in [0, 0.1) is 11.8 Å². The third-order valence-electron chi connectivity index (χ3n) is 9.45. The molecule has 65 heavy (non-hydrogen) atoms. The maximum atomic E-state index is 11.8. The van der Waals surface area contributed by atoms with Crippen molar-refractivity contribution in [3.8, 4) is 0 Å². The molecule has 4 aromatic rings. The number of rotatable bonds is 15. The average molecular weight is 960 g/mol. The number of amides is 4. The highest BCUT2D eigenvalue weighted by molar-refractivity contribution is 8.13. The summed E-state index contributed by atoms with van der Waals surface area (Å²) in [5.41, 5.74) is 13.9. The molecule has 22 nitrogen and oxygen atoms in total. The van der Waals surface area contributed by atoms with E-state index in [1.54, 1.807) is 42.5 Å². The third-order valence-corrected chi connectivity index (χ3v) is 10.7. The van der Waals surface area contributed by atoms with Crippen molar-refractivity contribution in [3.05, 3.63) is 72.1 Å². The van der Waals surface area contributed by atoms with Gasteiger partial charge in [0.25, 0.3) is 11.8 Å². The largest absolute Gasteiger partial charge is 0.369 e. The molecule has 0 spiro atoms. The predicted octanol–water partition coefficient (Wildman–Crippen LogP) is 3.23. The number of primary amides is 2. The van der Waals surface area contributed by atoms with Crippen molar-refractivity contribution in [2.75, 3.05) is 83.7 Å². The van der Waals surface area contributed by atoms with Gasteiger partial charge in [-0.1, -0.05) is 12.1 Å². The molecule has 2 aromatic heterocycles. The second-order valence-corrected chi connectivity index (χ2v) is 20.2. The van der Waals surface area contributed by atoms with Crippen molar-refractivity contribution >= 4 is 99.7 Å². The SMILES string of the molecule is CC(=O)Nc1cccc(Nc2ncc(C(N)=O)c(NCC3CCCN(S(C)(=O)=O)C3)n2)c1.CC(=O)Nc1cccc(Nc2ncc(C(N)=O)c(NCC3CCCNC3)n2)c1.CS(=O)(=O)Cl. The summed E-state index contributed by atoms with van der Waals surface area (Å²) >= 11 is 0. The lowest BCUT2D eigenvalue weighted by Gasteiger charge is -2.31. The highest BCUT2D eigenvalue weighted by atomic mass is 35.7. The quantitative estimate of drug-likeness (QED) is 0.0772. The minimum atomic E-state index is -3.25. The summed E-state index contributed by atoms with van der Waals surface area (Å²) in [6.45, 7) is 6.90. The summed E-state index contributed by atoms with van der Waals surface area (Å²) < 4.78 is 43.9. The summed E-state index contributed by atoms with van der Waals surface area (Å²) in [6, 6.07) is 14.2. The highest BCUT2D eigenvalue weighted by Gasteiger charge is 2.26. The van der Waals surface area contributed by atoms with Gasteiger partial charge in [0.2, 0.25) is 42.8 Å². The Balaban J connectivity index is 0.000000259. The van der Waals surface area contributed by atoms with E-state index in [1.165, 1.54) is 36.8 Å². The van der Waals surface area contributed by atoms with E-state index >= 15 is 0 Å². The molecule has 352 valence electrons. The molecule has 0 bridgehead atoms. The number of anilines is 8. The van der Waals surface area contributed by atoms with Gasteiger partial charge >= 0.3 is 0 Å². The number of hydrogen-bond acceptors (Lipinski definition) is 17. The molecule has 25 heteroatoms. The van der Waals surface area contributed by atoms with E-state index < -0.39 is 30.9 Å². The monoisotopic (exact) mass is 958 g/mol. The van der Waals surface area contributed by atoms with Gasteiger partial charge in [-0.3, -0.25) is 19.2 Å². The number of sulfonamides is 1. The molecule has 2 atom stereocenters. The van der Waals surface area contributed by atoms with Gasteiger partial charge in [0, 0.05) is 85.9 Å². The van der Waals surface area contributed by atoms with E-state index in [0.717, 1.165) is 45.0 Å². The fourth-order valence-electron chi connectivity index (χ4n) is 6.60. The number of carbonyl (C=O) groups excluding carboxylic acids is 4. The molecule has 2 aliphatic heterocycles. The number of nitrogens with two attached hydrogens (primary N) is 2. The number of hydrogen-bond donors (Lipinski definition) is 9. The van der Waals surface area contributed by atoms with Crippen molar-refractivity contribution in [3.63, 3.8) is 0 Å². The first-order valence-electron chi connectivity index (χ1n) is 20.3. The van der Waals surface area contributed by atoms with Crippen LogP contribution in [0.5, 0.6) is 0 Å². The smallest absolute Gasteiger partial charge is 0.254 e. The van der Waals surface area contributed by atoms with Gasteiger partial charge in [-0.05, 0) is 87.0 Å². The molecular formula is C40H55ClN14O8S2. The zero-order valence-corrected chi connectivity index (χ0v) is 38.7. The lowest BCUT2D eigenvalue weighted by molar-refractivity contribution is -0.115. The number of nitrogens with zero attached hydrogens (tertiary/aromatic N) is 5. The van der Waals surface area contributed by atoms with E-state index in [1.807, 2.05) is 6.07 Å². The first-order valence-corrected chi connectivity index (χ1v) is 24.9. The third kappa shape index (κ3) is 18.8. The van der Waals surface area contributed by atoms with Crippen LogP contribution in [0.4, 0.5) is 46.3 Å². The Morgan fingerprint density at radius 3 is 1.60 bits per heavy atom. The van der Waals surface area contributed by atoms with Crippen LogP contribution in [-0.2, 0) is 28.7 Å². The van der Waals surface area contributed by atoms with E-state index in [0.29, 0.717) is 66.6 Å². The van der Waals surface area contributed by atoms with Gasteiger partial charge in [0.05, 0.1) is 23.6 Å². The number of nitrogens with one attached hydrogen (secondary N) is 7. The van der Waals surface area contributed by atoms with Crippen LogP contribution in [-0.4, -0.2) is 116 Å². The summed E-state index contributed by atoms with van der Waals surface area (Å²) in [7, 11) is -1.94. The molecule has 4 heterocycles. The van der Waals surface area contributed by atoms with Gasteiger partial charge in [-0.15, -0.1) is 0 Å². The average Bonchev–Trinajstić information content (AvgIpc) is 3.22. The second-order valence-electron chi connectivity index (χ2n) is 15.2. The maximum Gasteiger partial charge on any atom is 0.254 e. The van der Waals surface area contributed by atoms with Crippen LogP contribution in [0.1, 0.15) is 60.2 Å². The second kappa shape index (κ2) is 24.2. The predicted molar refractivity (Wildman–Crippen MR) is 252 cm³/mol. The Bertz CT molecular complexity index is 2520. The van der Waals surface area contributed by atoms with E-state index in [-0.39, 0.29) is 40.6 Å². The van der Waals surface area contributed by atoms with Gasteiger partial charge < -0.3 is 48.7 Å². The van der Waals surface area contributed by atoms with Gasteiger partial charge in [-0.2, -0.15) is 9.97 Å². The number of carbonyl (C=O) groups is 4. The van der Waals surface area contributed by atoms with Gasteiger partial charge in [-0.25, -0.2) is 31.1 Å². The van der Waals surface area contributed by atoms with Gasteiger partial charge in [0.15, 0.2) is 0 Å². The molecule has 4 amide bonds. The fraction of sp³-hybridized carbons (Fsp3) is 0.400. The number of piperidine rings is 2. The van der Waals surface area contributed by atoms with Crippen LogP contribution in [0.15, 0.2) is 60.9 Å². The Kier molecular flexibility index (Phi) is 19.1.